The molecule has 0 aliphatic carbocycles. The highest BCUT2D eigenvalue weighted by atomic mass is 16.7. The van der Waals surface area contributed by atoms with E-state index in [1.54, 1.807) is 6.07 Å². The maximum absolute atomic E-state index is 11.3. The first-order valence-electron chi connectivity index (χ1n) is 5.57. The molecule has 0 radical (unpaired) electrons. The van der Waals surface area contributed by atoms with Crippen LogP contribution in [0, 0.1) is 5.92 Å². The van der Waals surface area contributed by atoms with Crippen molar-refractivity contribution in [1.29, 1.82) is 0 Å². The SMILES string of the molecule is CC(C)COC(=O)Oc1cc2ccccc2[nH]1. The summed E-state index contributed by atoms with van der Waals surface area (Å²) in [5, 5.41) is 0.999. The number of aromatic nitrogens is 1. The zero-order chi connectivity index (χ0) is 12.3. The van der Waals surface area contributed by atoms with Gasteiger partial charge in [-0.1, -0.05) is 32.0 Å². The van der Waals surface area contributed by atoms with Crippen molar-refractivity contribution in [3.8, 4) is 5.88 Å². The summed E-state index contributed by atoms with van der Waals surface area (Å²) < 4.78 is 9.96. The van der Waals surface area contributed by atoms with Gasteiger partial charge in [-0.25, -0.2) is 4.79 Å². The Labute approximate surface area is 99.5 Å². The first kappa shape index (κ1) is 11.5. The number of fused-ring (bicyclic) bond motifs is 1. The Bertz CT molecular complexity index is 483. The van der Waals surface area contributed by atoms with Crippen molar-refractivity contribution in [1.82, 2.24) is 4.98 Å². The molecule has 0 saturated heterocycles. The molecule has 0 aliphatic heterocycles. The lowest BCUT2D eigenvalue weighted by atomic mass is 10.2. The van der Waals surface area contributed by atoms with Crippen molar-refractivity contribution in [2.24, 2.45) is 5.92 Å². The van der Waals surface area contributed by atoms with Gasteiger partial charge >= 0.3 is 6.16 Å². The van der Waals surface area contributed by atoms with Crippen LogP contribution in [0.4, 0.5) is 4.79 Å². The van der Waals surface area contributed by atoms with Gasteiger partial charge < -0.3 is 14.5 Å². The lowest BCUT2D eigenvalue weighted by Gasteiger charge is -2.05. The van der Waals surface area contributed by atoms with Gasteiger partial charge in [0.25, 0.3) is 0 Å². The van der Waals surface area contributed by atoms with E-state index in [-0.39, 0.29) is 0 Å². The molecule has 0 amide bonds. The number of nitrogens with one attached hydrogen (secondary N) is 1. The summed E-state index contributed by atoms with van der Waals surface area (Å²) in [7, 11) is 0. The van der Waals surface area contributed by atoms with Crippen LogP contribution < -0.4 is 4.74 Å². The quantitative estimate of drug-likeness (QED) is 0.827. The van der Waals surface area contributed by atoms with Gasteiger partial charge in [0.2, 0.25) is 5.88 Å². The first-order valence-corrected chi connectivity index (χ1v) is 5.57. The molecule has 0 spiro atoms. The molecule has 0 atom stereocenters. The summed E-state index contributed by atoms with van der Waals surface area (Å²) in [5.41, 5.74) is 0.930. The molecule has 0 bridgehead atoms. The first-order chi connectivity index (χ1) is 8.15. The fraction of sp³-hybridized carbons (Fsp3) is 0.308. The summed E-state index contributed by atoms with van der Waals surface area (Å²) in [4.78, 5) is 14.3. The normalized spacial score (nSPS) is 10.8. The average Bonchev–Trinajstić information content (AvgIpc) is 2.68. The molecule has 1 aromatic carbocycles. The van der Waals surface area contributed by atoms with E-state index in [9.17, 15) is 4.79 Å². The Morgan fingerprint density at radius 1 is 1.35 bits per heavy atom. The number of para-hydroxylation sites is 1. The molecule has 0 fully saturated rings. The number of hydrogen-bond donors (Lipinski definition) is 1. The number of aromatic amines is 1. The molecular weight excluding hydrogens is 218 g/mol. The van der Waals surface area contributed by atoms with Crippen LogP contribution in [0.1, 0.15) is 13.8 Å². The number of H-pyrrole nitrogens is 1. The molecule has 1 aromatic heterocycles. The van der Waals surface area contributed by atoms with Crippen LogP contribution in [0.2, 0.25) is 0 Å². The monoisotopic (exact) mass is 233 g/mol. The summed E-state index contributed by atoms with van der Waals surface area (Å²) in [6.45, 7) is 4.30. The zero-order valence-corrected chi connectivity index (χ0v) is 9.90. The highest BCUT2D eigenvalue weighted by Crippen LogP contribution is 2.20. The van der Waals surface area contributed by atoms with E-state index in [1.807, 2.05) is 38.1 Å². The Morgan fingerprint density at radius 2 is 2.12 bits per heavy atom. The molecule has 90 valence electrons. The molecule has 1 N–H and O–H groups in total. The van der Waals surface area contributed by atoms with Gasteiger partial charge in [-0.15, -0.1) is 0 Å². The van der Waals surface area contributed by atoms with Gasteiger partial charge in [-0.3, -0.25) is 0 Å². The number of benzene rings is 1. The van der Waals surface area contributed by atoms with Crippen LogP contribution >= 0.6 is 0 Å². The van der Waals surface area contributed by atoms with Crippen molar-refractivity contribution in [3.05, 3.63) is 30.3 Å². The van der Waals surface area contributed by atoms with Gasteiger partial charge in [-0.05, 0) is 12.0 Å². The van der Waals surface area contributed by atoms with Crippen LogP contribution in [0.25, 0.3) is 10.9 Å². The van der Waals surface area contributed by atoms with E-state index in [2.05, 4.69) is 4.98 Å². The number of rotatable bonds is 3. The zero-order valence-electron chi connectivity index (χ0n) is 9.90. The van der Waals surface area contributed by atoms with E-state index in [0.717, 1.165) is 10.9 Å². The van der Waals surface area contributed by atoms with Gasteiger partial charge in [0.1, 0.15) is 0 Å². The molecule has 2 rings (SSSR count). The Hall–Kier alpha value is -1.97. The fourth-order valence-corrected chi connectivity index (χ4v) is 1.46. The third kappa shape index (κ3) is 3.00. The Balaban J connectivity index is 2.01. The number of ether oxygens (including phenoxy) is 2. The molecular formula is C13H15NO3. The average molecular weight is 233 g/mol. The van der Waals surface area contributed by atoms with E-state index in [4.69, 9.17) is 9.47 Å². The highest BCUT2D eigenvalue weighted by Gasteiger charge is 2.09. The standard InChI is InChI=1S/C13H15NO3/c1-9(2)8-16-13(15)17-12-7-10-5-3-4-6-11(10)14-12/h3-7,9,14H,8H2,1-2H3. The van der Waals surface area contributed by atoms with Crippen LogP contribution in [0.3, 0.4) is 0 Å². The summed E-state index contributed by atoms with van der Waals surface area (Å²) in [5.74, 6) is 0.699. The molecule has 4 heteroatoms. The third-order valence-electron chi connectivity index (χ3n) is 2.23. The number of carbonyl (C=O) groups excluding carboxylic acids is 1. The van der Waals surface area contributed by atoms with E-state index in [1.165, 1.54) is 0 Å². The predicted octanol–water partition coefficient (Wildman–Crippen LogP) is 3.34. The smallest absolute Gasteiger partial charge is 0.434 e. The van der Waals surface area contributed by atoms with Gasteiger partial charge in [-0.2, -0.15) is 0 Å². The van der Waals surface area contributed by atoms with Crippen LogP contribution in [0.5, 0.6) is 5.88 Å². The van der Waals surface area contributed by atoms with Crippen molar-refractivity contribution >= 4 is 17.1 Å². The molecule has 1 heterocycles. The minimum absolute atomic E-state index is 0.297. The molecule has 2 aromatic rings. The van der Waals surface area contributed by atoms with Gasteiger partial charge in [0.05, 0.1) is 6.61 Å². The second-order valence-corrected chi connectivity index (χ2v) is 4.28. The Kier molecular flexibility index (Phi) is 3.32. The highest BCUT2D eigenvalue weighted by molar-refractivity contribution is 5.82. The largest absolute Gasteiger partial charge is 0.515 e. The van der Waals surface area contributed by atoms with Crippen molar-refractivity contribution in [2.75, 3.05) is 6.61 Å². The minimum atomic E-state index is -0.676. The predicted molar refractivity (Wildman–Crippen MR) is 65.1 cm³/mol. The fourth-order valence-electron chi connectivity index (χ4n) is 1.46. The lowest BCUT2D eigenvalue weighted by Crippen LogP contribution is -2.14. The molecule has 0 saturated carbocycles. The van der Waals surface area contributed by atoms with Crippen LogP contribution in [-0.4, -0.2) is 17.7 Å². The molecule has 0 unspecified atom stereocenters. The molecule has 0 aliphatic rings. The topological polar surface area (TPSA) is 51.3 Å². The van der Waals surface area contributed by atoms with Gasteiger partial charge in [0, 0.05) is 17.0 Å². The van der Waals surface area contributed by atoms with Crippen LogP contribution in [-0.2, 0) is 4.74 Å². The second kappa shape index (κ2) is 4.91. The summed E-state index contributed by atoms with van der Waals surface area (Å²) in [6.07, 6.45) is -0.676. The number of hydrogen-bond acceptors (Lipinski definition) is 3. The van der Waals surface area contributed by atoms with Crippen molar-refractivity contribution in [2.45, 2.75) is 13.8 Å². The van der Waals surface area contributed by atoms with E-state index in [0.29, 0.717) is 18.4 Å². The second-order valence-electron chi connectivity index (χ2n) is 4.28. The summed E-state index contributed by atoms with van der Waals surface area (Å²) in [6, 6.07) is 9.47. The molecule has 17 heavy (non-hydrogen) atoms. The van der Waals surface area contributed by atoms with Crippen LogP contribution in [0.15, 0.2) is 30.3 Å². The van der Waals surface area contributed by atoms with E-state index < -0.39 is 6.16 Å². The third-order valence-corrected chi connectivity index (χ3v) is 2.23. The Morgan fingerprint density at radius 3 is 2.82 bits per heavy atom. The molecule has 4 nitrogen and oxygen atoms in total. The lowest BCUT2D eigenvalue weighted by molar-refractivity contribution is 0.0874. The van der Waals surface area contributed by atoms with Gasteiger partial charge in [0.15, 0.2) is 0 Å². The summed E-state index contributed by atoms with van der Waals surface area (Å²) >= 11 is 0. The maximum Gasteiger partial charge on any atom is 0.515 e. The maximum atomic E-state index is 11.3. The minimum Gasteiger partial charge on any atom is -0.434 e. The van der Waals surface area contributed by atoms with Crippen molar-refractivity contribution < 1.29 is 14.3 Å². The van der Waals surface area contributed by atoms with E-state index >= 15 is 0 Å². The van der Waals surface area contributed by atoms with Crippen molar-refractivity contribution in [3.63, 3.8) is 0 Å². The number of carbonyl (C=O) groups is 1.